The molecular weight excluding hydrogens is 326 g/mol. The summed E-state index contributed by atoms with van der Waals surface area (Å²) in [5.74, 6) is -0.449. The van der Waals surface area contributed by atoms with Crippen LogP contribution in [0.1, 0.15) is 42.7 Å². The average molecular weight is 342 g/mol. The summed E-state index contributed by atoms with van der Waals surface area (Å²) in [5, 5.41) is 9.50. The van der Waals surface area contributed by atoms with Gasteiger partial charge in [-0.1, -0.05) is 22.0 Å². The minimum absolute atomic E-state index is 0.334. The van der Waals surface area contributed by atoms with Crippen LogP contribution in [-0.2, 0) is 4.74 Å². The molecule has 0 aromatic heterocycles. The summed E-state index contributed by atoms with van der Waals surface area (Å²) in [4.78, 5) is 25.5. The SMILES string of the molecule is CC(C)(C)OC(=O)N1C(=O)c2cc(Br)ccc2C1CO. The lowest BCUT2D eigenvalue weighted by Gasteiger charge is -2.26. The van der Waals surface area contributed by atoms with E-state index in [1.54, 1.807) is 39.0 Å². The van der Waals surface area contributed by atoms with E-state index in [1.165, 1.54) is 0 Å². The second-order valence-corrected chi connectivity index (χ2v) is 6.50. The molecule has 5 nitrogen and oxygen atoms in total. The number of hydrogen-bond donors (Lipinski definition) is 1. The highest BCUT2D eigenvalue weighted by Crippen LogP contribution is 2.35. The van der Waals surface area contributed by atoms with Crippen LogP contribution in [0.25, 0.3) is 0 Å². The number of carbonyl (C=O) groups excluding carboxylic acids is 2. The summed E-state index contributed by atoms with van der Waals surface area (Å²) in [6.45, 7) is 4.84. The summed E-state index contributed by atoms with van der Waals surface area (Å²) in [6.07, 6.45) is -0.742. The van der Waals surface area contributed by atoms with Crippen LogP contribution in [0.15, 0.2) is 22.7 Å². The maximum absolute atomic E-state index is 12.3. The first kappa shape index (κ1) is 15.0. The Morgan fingerprint density at radius 2 is 2.10 bits per heavy atom. The zero-order valence-electron chi connectivity index (χ0n) is 11.5. The maximum Gasteiger partial charge on any atom is 0.417 e. The lowest BCUT2D eigenvalue weighted by Crippen LogP contribution is -2.40. The molecule has 1 heterocycles. The molecule has 1 aliphatic rings. The number of carbonyl (C=O) groups is 2. The average Bonchev–Trinajstić information content (AvgIpc) is 2.60. The normalized spacial score (nSPS) is 18.1. The molecule has 0 spiro atoms. The number of fused-ring (bicyclic) bond motifs is 1. The fraction of sp³-hybridized carbons (Fsp3) is 0.429. The molecule has 0 radical (unpaired) electrons. The van der Waals surface area contributed by atoms with Gasteiger partial charge < -0.3 is 9.84 Å². The third-order valence-corrected chi connectivity index (χ3v) is 3.39. The molecule has 0 bridgehead atoms. The van der Waals surface area contributed by atoms with Crippen LogP contribution in [0.2, 0.25) is 0 Å². The largest absolute Gasteiger partial charge is 0.443 e. The molecule has 0 saturated heterocycles. The molecule has 1 N–H and O–H groups in total. The van der Waals surface area contributed by atoms with Gasteiger partial charge in [0.05, 0.1) is 12.6 Å². The Kier molecular flexibility index (Phi) is 3.88. The van der Waals surface area contributed by atoms with Crippen molar-refractivity contribution in [3.05, 3.63) is 33.8 Å². The van der Waals surface area contributed by atoms with Gasteiger partial charge in [0, 0.05) is 10.0 Å². The van der Waals surface area contributed by atoms with Gasteiger partial charge >= 0.3 is 6.09 Å². The summed E-state index contributed by atoms with van der Waals surface area (Å²) in [6, 6.07) is 4.45. The van der Waals surface area contributed by atoms with Crippen molar-refractivity contribution in [1.82, 2.24) is 4.90 Å². The molecule has 0 fully saturated rings. The van der Waals surface area contributed by atoms with Crippen molar-refractivity contribution in [2.75, 3.05) is 6.61 Å². The van der Waals surface area contributed by atoms with Gasteiger partial charge in [0.15, 0.2) is 0 Å². The number of aliphatic hydroxyl groups is 1. The number of amides is 2. The van der Waals surface area contributed by atoms with Crippen LogP contribution in [0.5, 0.6) is 0 Å². The Balaban J connectivity index is 2.37. The first-order chi connectivity index (χ1) is 9.24. The van der Waals surface area contributed by atoms with Crippen molar-refractivity contribution in [3.8, 4) is 0 Å². The molecule has 1 unspecified atom stereocenters. The second kappa shape index (κ2) is 5.18. The van der Waals surface area contributed by atoms with Gasteiger partial charge in [0.1, 0.15) is 5.60 Å². The van der Waals surface area contributed by atoms with Gasteiger partial charge in [0.2, 0.25) is 0 Å². The van der Waals surface area contributed by atoms with E-state index < -0.39 is 23.6 Å². The van der Waals surface area contributed by atoms with Crippen LogP contribution in [0.3, 0.4) is 0 Å². The van der Waals surface area contributed by atoms with E-state index in [4.69, 9.17) is 4.74 Å². The Labute approximate surface area is 125 Å². The summed E-state index contributed by atoms with van der Waals surface area (Å²) in [5.41, 5.74) is 0.336. The predicted octanol–water partition coefficient (Wildman–Crippen LogP) is 2.87. The highest BCUT2D eigenvalue weighted by Gasteiger charge is 2.42. The Bertz CT molecular complexity index is 565. The standard InChI is InChI=1S/C14H16BrNO4/c1-14(2,3)20-13(19)16-11(7-17)9-5-4-8(15)6-10(9)12(16)18/h4-6,11,17H,7H2,1-3H3. The van der Waals surface area contributed by atoms with Gasteiger partial charge in [-0.3, -0.25) is 4.79 Å². The quantitative estimate of drug-likeness (QED) is 0.852. The lowest BCUT2D eigenvalue weighted by molar-refractivity contribution is 0.0139. The summed E-state index contributed by atoms with van der Waals surface area (Å²) >= 11 is 3.29. The highest BCUT2D eigenvalue weighted by atomic mass is 79.9. The van der Waals surface area contributed by atoms with Crippen LogP contribution in [0.4, 0.5) is 4.79 Å². The van der Waals surface area contributed by atoms with Crippen LogP contribution >= 0.6 is 15.9 Å². The van der Waals surface area contributed by atoms with Crippen LogP contribution in [0, 0.1) is 0 Å². The number of ether oxygens (including phenoxy) is 1. The second-order valence-electron chi connectivity index (χ2n) is 5.59. The minimum Gasteiger partial charge on any atom is -0.443 e. The summed E-state index contributed by atoms with van der Waals surface area (Å²) < 4.78 is 5.97. The Hall–Kier alpha value is -1.40. The molecule has 1 aromatic carbocycles. The van der Waals surface area contributed by atoms with Crippen molar-refractivity contribution in [2.24, 2.45) is 0 Å². The van der Waals surface area contributed by atoms with Gasteiger partial charge in [-0.15, -0.1) is 0 Å². The highest BCUT2D eigenvalue weighted by molar-refractivity contribution is 9.10. The molecule has 0 aliphatic carbocycles. The third kappa shape index (κ3) is 2.71. The summed E-state index contributed by atoms with van der Waals surface area (Å²) in [7, 11) is 0. The number of nitrogens with zero attached hydrogens (tertiary/aromatic N) is 1. The van der Waals surface area contributed by atoms with E-state index >= 15 is 0 Å². The van der Waals surface area contributed by atoms with E-state index in [0.29, 0.717) is 11.1 Å². The molecule has 20 heavy (non-hydrogen) atoms. The van der Waals surface area contributed by atoms with Gasteiger partial charge in [-0.25, -0.2) is 9.69 Å². The van der Waals surface area contributed by atoms with Gasteiger partial charge in [-0.05, 0) is 38.5 Å². The number of imide groups is 1. The molecule has 2 amide bonds. The number of halogens is 1. The molecule has 1 aromatic rings. The van der Waals surface area contributed by atoms with Crippen molar-refractivity contribution in [1.29, 1.82) is 0 Å². The minimum atomic E-state index is -0.742. The van der Waals surface area contributed by atoms with Crippen molar-refractivity contribution in [2.45, 2.75) is 32.4 Å². The number of aliphatic hydroxyl groups excluding tert-OH is 1. The molecule has 0 saturated carbocycles. The van der Waals surface area contributed by atoms with E-state index in [2.05, 4.69) is 15.9 Å². The van der Waals surface area contributed by atoms with Gasteiger partial charge in [-0.2, -0.15) is 0 Å². The first-order valence-electron chi connectivity index (χ1n) is 6.21. The first-order valence-corrected chi connectivity index (χ1v) is 7.01. The monoisotopic (exact) mass is 341 g/mol. The topological polar surface area (TPSA) is 66.8 Å². The zero-order valence-corrected chi connectivity index (χ0v) is 13.1. The van der Waals surface area contributed by atoms with Crippen molar-refractivity contribution < 1.29 is 19.4 Å². The smallest absolute Gasteiger partial charge is 0.417 e. The van der Waals surface area contributed by atoms with E-state index in [0.717, 1.165) is 9.37 Å². The predicted molar refractivity (Wildman–Crippen MR) is 76.4 cm³/mol. The zero-order chi connectivity index (χ0) is 15.1. The van der Waals surface area contributed by atoms with E-state index in [9.17, 15) is 14.7 Å². The number of rotatable bonds is 1. The molecule has 2 rings (SSSR count). The van der Waals surface area contributed by atoms with Crippen LogP contribution < -0.4 is 0 Å². The van der Waals surface area contributed by atoms with Gasteiger partial charge in [0.25, 0.3) is 5.91 Å². The Morgan fingerprint density at radius 1 is 1.45 bits per heavy atom. The van der Waals surface area contributed by atoms with Crippen molar-refractivity contribution >= 4 is 27.9 Å². The van der Waals surface area contributed by atoms with E-state index in [-0.39, 0.29) is 6.61 Å². The lowest BCUT2D eigenvalue weighted by atomic mass is 10.1. The van der Waals surface area contributed by atoms with Crippen LogP contribution in [-0.4, -0.2) is 34.2 Å². The van der Waals surface area contributed by atoms with Crippen molar-refractivity contribution in [3.63, 3.8) is 0 Å². The third-order valence-electron chi connectivity index (χ3n) is 2.90. The maximum atomic E-state index is 12.3. The molecular formula is C14H16BrNO4. The number of benzene rings is 1. The van der Waals surface area contributed by atoms with E-state index in [1.807, 2.05) is 0 Å². The fourth-order valence-corrected chi connectivity index (χ4v) is 2.48. The molecule has 6 heteroatoms. The molecule has 108 valence electrons. The molecule has 1 atom stereocenters. The fourth-order valence-electron chi connectivity index (χ4n) is 2.12. The Morgan fingerprint density at radius 3 is 2.65 bits per heavy atom. The molecule has 1 aliphatic heterocycles. The number of hydrogen-bond acceptors (Lipinski definition) is 4.